The summed E-state index contributed by atoms with van der Waals surface area (Å²) < 4.78 is 5.57. The molecule has 0 heterocycles. The molecule has 0 N–H and O–H groups in total. The first-order chi connectivity index (χ1) is 6.27. The number of hydrogen-bond acceptors (Lipinski definition) is 1. The molecule has 0 aliphatic heterocycles. The maximum Gasteiger partial charge on any atom is 0.138 e. The Labute approximate surface area is 83.7 Å². The van der Waals surface area contributed by atoms with Gasteiger partial charge >= 0.3 is 0 Å². The van der Waals surface area contributed by atoms with Gasteiger partial charge in [0.2, 0.25) is 0 Å². The van der Waals surface area contributed by atoms with Crippen LogP contribution in [0.15, 0.2) is 18.2 Å². The van der Waals surface area contributed by atoms with Crippen LogP contribution in [0.3, 0.4) is 0 Å². The summed E-state index contributed by atoms with van der Waals surface area (Å²) >= 11 is 5.92. The highest BCUT2D eigenvalue weighted by atomic mass is 35.5. The van der Waals surface area contributed by atoms with Gasteiger partial charge in [0.25, 0.3) is 0 Å². The van der Waals surface area contributed by atoms with E-state index in [1.54, 1.807) is 18.2 Å². The van der Waals surface area contributed by atoms with Crippen molar-refractivity contribution in [2.75, 3.05) is 6.61 Å². The third-order valence-corrected chi connectivity index (χ3v) is 2.82. The third kappa shape index (κ3) is 2.16. The summed E-state index contributed by atoms with van der Waals surface area (Å²) in [5.74, 6) is 2.31. The molecule has 1 fully saturated rings. The summed E-state index contributed by atoms with van der Waals surface area (Å²) in [5, 5.41) is 0.673. The second kappa shape index (κ2) is 3.59. The lowest BCUT2D eigenvalue weighted by molar-refractivity contribution is 0.293. The molecule has 2 rings (SSSR count). The minimum absolute atomic E-state index is 0.673. The number of rotatable bonds is 3. The van der Waals surface area contributed by atoms with Gasteiger partial charge in [-0.25, -0.2) is 0 Å². The van der Waals surface area contributed by atoms with Crippen molar-refractivity contribution in [3.8, 4) is 5.75 Å². The van der Waals surface area contributed by atoms with Gasteiger partial charge in [0.05, 0.1) is 11.6 Å². The summed E-state index contributed by atoms with van der Waals surface area (Å²) in [4.78, 5) is 0. The highest BCUT2D eigenvalue weighted by Crippen LogP contribution is 2.38. The summed E-state index contributed by atoms with van der Waals surface area (Å²) in [6, 6.07) is 8.32. The summed E-state index contributed by atoms with van der Waals surface area (Å²) in [5.41, 5.74) is 0. The van der Waals surface area contributed by atoms with Crippen LogP contribution >= 0.6 is 11.6 Å². The Morgan fingerprint density at radius 3 is 3.08 bits per heavy atom. The lowest BCUT2D eigenvalue weighted by atomic mass is 10.3. The zero-order valence-corrected chi connectivity index (χ0v) is 8.34. The molecular formula is C11H12ClO. The first kappa shape index (κ1) is 8.89. The van der Waals surface area contributed by atoms with Crippen LogP contribution in [0.5, 0.6) is 5.75 Å². The van der Waals surface area contributed by atoms with Gasteiger partial charge in [-0.2, -0.15) is 0 Å². The highest BCUT2D eigenvalue weighted by Gasteiger charge is 2.33. The van der Waals surface area contributed by atoms with Crippen LogP contribution in [0.2, 0.25) is 5.02 Å². The van der Waals surface area contributed by atoms with Gasteiger partial charge in [0.15, 0.2) is 0 Å². The lowest BCUT2D eigenvalue weighted by Crippen LogP contribution is -2.00. The molecule has 0 aromatic heterocycles. The molecule has 2 heteroatoms. The van der Waals surface area contributed by atoms with Crippen LogP contribution in [-0.4, -0.2) is 6.61 Å². The molecule has 1 aromatic rings. The van der Waals surface area contributed by atoms with E-state index in [0.717, 1.165) is 24.2 Å². The Morgan fingerprint density at radius 1 is 1.69 bits per heavy atom. The fraction of sp³-hybridized carbons (Fsp3) is 0.455. The normalized spacial score (nSPS) is 25.7. The molecule has 0 spiro atoms. The Balaban J connectivity index is 1.90. The molecule has 1 saturated carbocycles. The smallest absolute Gasteiger partial charge is 0.138 e. The molecule has 1 aliphatic carbocycles. The molecule has 0 saturated heterocycles. The zero-order valence-electron chi connectivity index (χ0n) is 7.59. The van der Waals surface area contributed by atoms with Crippen molar-refractivity contribution in [2.45, 2.75) is 13.3 Å². The van der Waals surface area contributed by atoms with Crippen molar-refractivity contribution in [1.29, 1.82) is 0 Å². The minimum atomic E-state index is 0.673. The van der Waals surface area contributed by atoms with E-state index in [4.69, 9.17) is 16.3 Å². The molecule has 1 aliphatic rings. The number of ether oxygens (including phenoxy) is 1. The second-order valence-corrected chi connectivity index (χ2v) is 4.05. The molecule has 1 nitrogen and oxygen atoms in total. The van der Waals surface area contributed by atoms with Crippen molar-refractivity contribution in [3.05, 3.63) is 29.3 Å². The van der Waals surface area contributed by atoms with Gasteiger partial charge in [-0.15, -0.1) is 0 Å². The lowest BCUT2D eigenvalue weighted by Gasteiger charge is -2.06. The largest absolute Gasteiger partial charge is 0.492 e. The van der Waals surface area contributed by atoms with Crippen molar-refractivity contribution in [1.82, 2.24) is 0 Å². The Bertz CT molecular complexity index is 298. The Morgan fingerprint density at radius 2 is 2.46 bits per heavy atom. The van der Waals surface area contributed by atoms with Crippen molar-refractivity contribution in [2.24, 2.45) is 11.8 Å². The maximum absolute atomic E-state index is 5.92. The standard InChI is InChI=1S/C11H12ClO/c1-8-6-9(8)7-13-11-5-3-2-4-10(11)12/h2,4-5,8-9H,6-7H2,1H3. The molecule has 69 valence electrons. The fourth-order valence-electron chi connectivity index (χ4n) is 1.33. The number of hydrogen-bond donors (Lipinski definition) is 0. The summed E-state index contributed by atoms with van der Waals surface area (Å²) in [6.45, 7) is 3.03. The zero-order chi connectivity index (χ0) is 9.26. The summed E-state index contributed by atoms with van der Waals surface area (Å²) in [6.07, 6.45) is 1.29. The van der Waals surface area contributed by atoms with Crippen LogP contribution in [-0.2, 0) is 0 Å². The Hall–Kier alpha value is -0.690. The van der Waals surface area contributed by atoms with Gasteiger partial charge < -0.3 is 4.74 Å². The van der Waals surface area contributed by atoms with Crippen LogP contribution in [0.4, 0.5) is 0 Å². The average Bonchev–Trinajstić information content (AvgIpc) is 2.81. The molecule has 2 unspecified atom stereocenters. The van der Waals surface area contributed by atoms with E-state index in [9.17, 15) is 0 Å². The van der Waals surface area contributed by atoms with Gasteiger partial charge in [-0.3, -0.25) is 0 Å². The van der Waals surface area contributed by atoms with Gasteiger partial charge in [-0.1, -0.05) is 24.6 Å². The van der Waals surface area contributed by atoms with Gasteiger partial charge in [0.1, 0.15) is 5.75 Å². The van der Waals surface area contributed by atoms with E-state index in [0.29, 0.717) is 5.02 Å². The predicted molar refractivity (Wildman–Crippen MR) is 53.1 cm³/mol. The van der Waals surface area contributed by atoms with Crippen LogP contribution in [0.1, 0.15) is 13.3 Å². The summed E-state index contributed by atoms with van der Waals surface area (Å²) in [7, 11) is 0. The van der Waals surface area contributed by atoms with Crippen LogP contribution < -0.4 is 4.74 Å². The van der Waals surface area contributed by atoms with E-state index in [1.165, 1.54) is 6.42 Å². The van der Waals surface area contributed by atoms with Crippen LogP contribution in [0.25, 0.3) is 0 Å². The molecule has 0 amide bonds. The average molecular weight is 196 g/mol. The third-order valence-electron chi connectivity index (χ3n) is 2.50. The molecule has 2 atom stereocenters. The monoisotopic (exact) mass is 195 g/mol. The number of benzene rings is 1. The van der Waals surface area contributed by atoms with Crippen molar-refractivity contribution in [3.63, 3.8) is 0 Å². The minimum Gasteiger partial charge on any atom is -0.492 e. The predicted octanol–water partition coefficient (Wildman–Crippen LogP) is 3.17. The van der Waals surface area contributed by atoms with E-state index < -0.39 is 0 Å². The molecular weight excluding hydrogens is 184 g/mol. The highest BCUT2D eigenvalue weighted by molar-refractivity contribution is 6.32. The topological polar surface area (TPSA) is 9.23 Å². The van der Waals surface area contributed by atoms with E-state index in [1.807, 2.05) is 0 Å². The van der Waals surface area contributed by atoms with Crippen LogP contribution in [0, 0.1) is 17.9 Å². The Kier molecular flexibility index (Phi) is 2.45. The van der Waals surface area contributed by atoms with Gasteiger partial charge in [-0.05, 0) is 36.5 Å². The fourth-order valence-corrected chi connectivity index (χ4v) is 1.51. The molecule has 13 heavy (non-hydrogen) atoms. The molecule has 1 radical (unpaired) electrons. The maximum atomic E-state index is 5.92. The molecule has 1 aromatic carbocycles. The van der Waals surface area contributed by atoms with E-state index >= 15 is 0 Å². The molecule has 0 bridgehead atoms. The first-order valence-electron chi connectivity index (χ1n) is 4.56. The van der Waals surface area contributed by atoms with Crippen molar-refractivity contribution >= 4 is 11.6 Å². The van der Waals surface area contributed by atoms with Gasteiger partial charge in [0, 0.05) is 0 Å². The second-order valence-electron chi connectivity index (χ2n) is 3.64. The van der Waals surface area contributed by atoms with Crippen molar-refractivity contribution < 1.29 is 4.74 Å². The number of halogens is 1. The SMILES string of the molecule is CC1CC1COc1c[c]ccc1Cl. The van der Waals surface area contributed by atoms with E-state index in [2.05, 4.69) is 13.0 Å². The quantitative estimate of drug-likeness (QED) is 0.720. The van der Waals surface area contributed by atoms with E-state index in [-0.39, 0.29) is 0 Å². The first-order valence-corrected chi connectivity index (χ1v) is 4.93.